The van der Waals surface area contributed by atoms with Crippen molar-refractivity contribution in [3.8, 4) is 0 Å². The highest BCUT2D eigenvalue weighted by molar-refractivity contribution is 6.00. The van der Waals surface area contributed by atoms with Crippen LogP contribution in [0.1, 0.15) is 20.3 Å². The maximum absolute atomic E-state index is 12.3. The second-order valence-electron chi connectivity index (χ2n) is 7.50. The molecule has 2 saturated heterocycles. The molecular weight excluding hydrogens is 340 g/mol. The monoisotopic (exact) mass is 366 g/mol. The van der Waals surface area contributed by atoms with Crippen molar-refractivity contribution in [2.45, 2.75) is 38.5 Å². The van der Waals surface area contributed by atoms with Crippen LogP contribution in [0.2, 0.25) is 0 Å². The topological polar surface area (TPSA) is 136 Å². The molecule has 5 N–H and O–H groups in total. The minimum Gasteiger partial charge on any atom is -0.477 e. The Morgan fingerprint density at radius 1 is 1.42 bits per heavy atom. The van der Waals surface area contributed by atoms with Crippen LogP contribution in [0, 0.1) is 11.8 Å². The summed E-state index contributed by atoms with van der Waals surface area (Å²) in [5.41, 5.74) is 5.95. The van der Waals surface area contributed by atoms with Crippen LogP contribution in [0.4, 0.5) is 0 Å². The molecule has 0 saturated carbocycles. The van der Waals surface area contributed by atoms with E-state index in [4.69, 9.17) is 5.73 Å². The van der Waals surface area contributed by atoms with Gasteiger partial charge in [-0.2, -0.15) is 0 Å². The number of amides is 2. The number of aliphatic hydroxyl groups is 1. The van der Waals surface area contributed by atoms with Crippen molar-refractivity contribution in [1.29, 1.82) is 0 Å². The van der Waals surface area contributed by atoms with Crippen LogP contribution in [0.15, 0.2) is 11.3 Å². The van der Waals surface area contributed by atoms with Gasteiger partial charge in [0.05, 0.1) is 24.6 Å². The second kappa shape index (κ2) is 6.98. The Labute approximate surface area is 151 Å². The normalized spacial score (nSPS) is 32.6. The Balaban J connectivity index is 1.72. The zero-order valence-corrected chi connectivity index (χ0v) is 15.0. The summed E-state index contributed by atoms with van der Waals surface area (Å²) in [5, 5.41) is 22.6. The lowest BCUT2D eigenvalue weighted by atomic mass is 9.77. The number of primary amides is 1. The van der Waals surface area contributed by atoms with Gasteiger partial charge in [-0.3, -0.25) is 14.5 Å². The molecule has 5 atom stereocenters. The average Bonchev–Trinajstić information content (AvgIpc) is 3.08. The van der Waals surface area contributed by atoms with Gasteiger partial charge in [-0.25, -0.2) is 4.79 Å². The van der Waals surface area contributed by atoms with Gasteiger partial charge < -0.3 is 26.2 Å². The number of carbonyl (C=O) groups excluding carboxylic acids is 2. The number of rotatable bonds is 7. The number of carbonyl (C=O) groups is 3. The number of nitrogens with one attached hydrogen (secondary N) is 1. The van der Waals surface area contributed by atoms with E-state index in [0.29, 0.717) is 13.1 Å². The van der Waals surface area contributed by atoms with Crippen molar-refractivity contribution < 1.29 is 24.6 Å². The Hall–Kier alpha value is -1.97. The van der Waals surface area contributed by atoms with E-state index in [-0.39, 0.29) is 36.2 Å². The quantitative estimate of drug-likeness (QED) is 0.396. The first kappa shape index (κ1) is 18.8. The van der Waals surface area contributed by atoms with Gasteiger partial charge in [-0.05, 0) is 18.9 Å². The Kier molecular flexibility index (Phi) is 5.05. The van der Waals surface area contributed by atoms with Crippen molar-refractivity contribution in [2.75, 3.05) is 26.2 Å². The Bertz CT molecular complexity index is 662. The van der Waals surface area contributed by atoms with Gasteiger partial charge in [0.25, 0.3) is 0 Å². The molecule has 3 aliphatic rings. The molecule has 0 aliphatic carbocycles. The molecule has 0 spiro atoms. The highest BCUT2D eigenvalue weighted by atomic mass is 16.4. The number of aliphatic carboxylic acids is 1. The zero-order chi connectivity index (χ0) is 19.2. The SMILES string of the molecule is C[C@H]1C(CN2CC[C@H](NCC(N)=O)C2)=C(C(=O)O)N2C(=O)[C@@H]([C@@H](C)O)C12. The fourth-order valence-corrected chi connectivity index (χ4v) is 4.48. The predicted molar refractivity (Wildman–Crippen MR) is 91.7 cm³/mol. The van der Waals surface area contributed by atoms with E-state index in [0.717, 1.165) is 18.5 Å². The van der Waals surface area contributed by atoms with Crippen molar-refractivity contribution in [3.63, 3.8) is 0 Å². The van der Waals surface area contributed by atoms with Gasteiger partial charge in [0, 0.05) is 31.6 Å². The summed E-state index contributed by atoms with van der Waals surface area (Å²) in [5.74, 6) is -2.48. The molecule has 3 aliphatic heterocycles. The molecule has 26 heavy (non-hydrogen) atoms. The zero-order valence-electron chi connectivity index (χ0n) is 15.0. The summed E-state index contributed by atoms with van der Waals surface area (Å²) in [7, 11) is 0. The highest BCUT2D eigenvalue weighted by Gasteiger charge is 2.59. The fourth-order valence-electron chi connectivity index (χ4n) is 4.48. The highest BCUT2D eigenvalue weighted by Crippen LogP contribution is 2.47. The van der Waals surface area contributed by atoms with Crippen LogP contribution in [-0.4, -0.2) is 82.2 Å². The third kappa shape index (κ3) is 3.10. The van der Waals surface area contributed by atoms with E-state index in [2.05, 4.69) is 10.2 Å². The number of fused-ring (bicyclic) bond motifs is 1. The van der Waals surface area contributed by atoms with E-state index < -0.39 is 23.9 Å². The number of carboxylic acids is 1. The van der Waals surface area contributed by atoms with Crippen LogP contribution < -0.4 is 11.1 Å². The minimum atomic E-state index is -1.10. The summed E-state index contributed by atoms with van der Waals surface area (Å²) >= 11 is 0. The lowest BCUT2D eigenvalue weighted by Crippen LogP contribution is -2.63. The number of likely N-dealkylation sites (tertiary alicyclic amines) is 1. The van der Waals surface area contributed by atoms with Crippen LogP contribution in [0.25, 0.3) is 0 Å². The van der Waals surface area contributed by atoms with Crippen molar-refractivity contribution in [2.24, 2.45) is 17.6 Å². The first-order valence-corrected chi connectivity index (χ1v) is 8.93. The minimum absolute atomic E-state index is 0.0675. The van der Waals surface area contributed by atoms with E-state index in [1.807, 2.05) is 6.92 Å². The molecule has 0 aromatic carbocycles. The molecule has 0 aromatic heterocycles. The van der Waals surface area contributed by atoms with E-state index >= 15 is 0 Å². The first-order valence-electron chi connectivity index (χ1n) is 8.93. The van der Waals surface area contributed by atoms with E-state index in [1.54, 1.807) is 6.92 Å². The second-order valence-corrected chi connectivity index (χ2v) is 7.50. The lowest BCUT2D eigenvalue weighted by Gasteiger charge is -2.46. The summed E-state index contributed by atoms with van der Waals surface area (Å²) in [6.07, 6.45) is 0.0504. The van der Waals surface area contributed by atoms with Gasteiger partial charge >= 0.3 is 5.97 Å². The predicted octanol–water partition coefficient (Wildman–Crippen LogP) is -1.67. The number of β-lactam (4-membered cyclic amide) rings is 1. The molecule has 9 heteroatoms. The fraction of sp³-hybridized carbons (Fsp3) is 0.706. The van der Waals surface area contributed by atoms with Crippen LogP contribution in [0.3, 0.4) is 0 Å². The Morgan fingerprint density at radius 2 is 2.12 bits per heavy atom. The molecule has 0 radical (unpaired) electrons. The molecule has 3 heterocycles. The van der Waals surface area contributed by atoms with E-state index in [9.17, 15) is 24.6 Å². The largest absolute Gasteiger partial charge is 0.477 e. The smallest absolute Gasteiger partial charge is 0.352 e. The molecule has 2 amide bonds. The molecule has 1 unspecified atom stereocenters. The number of hydrogen-bond donors (Lipinski definition) is 4. The summed E-state index contributed by atoms with van der Waals surface area (Å²) in [6.45, 7) is 5.54. The number of nitrogens with zero attached hydrogens (tertiary/aromatic N) is 2. The van der Waals surface area contributed by atoms with Gasteiger partial charge in [0.1, 0.15) is 5.70 Å². The first-order chi connectivity index (χ1) is 12.2. The van der Waals surface area contributed by atoms with Gasteiger partial charge in [-0.15, -0.1) is 0 Å². The third-order valence-electron chi connectivity index (χ3n) is 5.75. The van der Waals surface area contributed by atoms with Crippen molar-refractivity contribution >= 4 is 17.8 Å². The third-order valence-corrected chi connectivity index (χ3v) is 5.75. The molecule has 3 rings (SSSR count). The van der Waals surface area contributed by atoms with E-state index in [1.165, 1.54) is 4.90 Å². The number of nitrogens with two attached hydrogens (primary N) is 1. The number of carboxylic acid groups (broad SMARTS) is 1. The molecule has 2 fully saturated rings. The average molecular weight is 366 g/mol. The summed E-state index contributed by atoms with van der Waals surface area (Å²) in [4.78, 5) is 38.5. The molecule has 9 nitrogen and oxygen atoms in total. The van der Waals surface area contributed by atoms with Crippen molar-refractivity contribution in [3.05, 3.63) is 11.3 Å². The van der Waals surface area contributed by atoms with Gasteiger partial charge in [0.2, 0.25) is 11.8 Å². The summed E-state index contributed by atoms with van der Waals surface area (Å²) < 4.78 is 0. The standard InChI is InChI=1S/C17H26N4O5/c1-8-11(7-20-4-3-10(6-20)19-5-12(18)23)15(17(25)26)21-14(8)13(9(2)22)16(21)24/h8-10,13-14,19,22H,3-7H2,1-2H3,(H2,18,23)(H,25,26)/t8-,9+,10-,13-,14?/m0/s1. The maximum Gasteiger partial charge on any atom is 0.352 e. The van der Waals surface area contributed by atoms with Crippen LogP contribution >= 0.6 is 0 Å². The maximum atomic E-state index is 12.3. The lowest BCUT2D eigenvalue weighted by molar-refractivity contribution is -0.163. The van der Waals surface area contributed by atoms with Gasteiger partial charge in [-0.1, -0.05) is 6.92 Å². The molecule has 144 valence electrons. The van der Waals surface area contributed by atoms with Crippen LogP contribution in [0.5, 0.6) is 0 Å². The molecular formula is C17H26N4O5. The van der Waals surface area contributed by atoms with Crippen LogP contribution in [-0.2, 0) is 14.4 Å². The molecule has 0 aromatic rings. The number of hydrogen-bond acceptors (Lipinski definition) is 6. The summed E-state index contributed by atoms with van der Waals surface area (Å²) in [6, 6.07) is -0.146. The van der Waals surface area contributed by atoms with Gasteiger partial charge in [0.15, 0.2) is 0 Å². The Morgan fingerprint density at radius 3 is 2.69 bits per heavy atom. The van der Waals surface area contributed by atoms with Crippen molar-refractivity contribution in [1.82, 2.24) is 15.1 Å². The molecule has 0 bridgehead atoms. The number of aliphatic hydroxyl groups excluding tert-OH is 1.